The van der Waals surface area contributed by atoms with Crippen molar-refractivity contribution in [3.8, 4) is 0 Å². The van der Waals surface area contributed by atoms with Gasteiger partial charge in [-0.2, -0.15) is 0 Å². The van der Waals surface area contributed by atoms with E-state index in [1.807, 2.05) is 6.20 Å². The molecule has 2 rings (SSSR count). The second-order valence-electron chi connectivity index (χ2n) is 4.70. The van der Waals surface area contributed by atoms with E-state index in [9.17, 15) is 0 Å². The molecule has 0 saturated heterocycles. The molecule has 1 heterocycles. The van der Waals surface area contributed by atoms with Crippen LogP contribution < -0.4 is 5.73 Å². The fourth-order valence-electron chi connectivity index (χ4n) is 2.52. The van der Waals surface area contributed by atoms with E-state index in [0.717, 1.165) is 17.3 Å². The fraction of sp³-hybridized carbons (Fsp3) is 0.750. The van der Waals surface area contributed by atoms with Crippen LogP contribution >= 0.6 is 11.3 Å². The van der Waals surface area contributed by atoms with E-state index < -0.39 is 0 Å². The molecular formula is C12H20N2S. The van der Waals surface area contributed by atoms with E-state index in [-0.39, 0.29) is 0 Å². The summed E-state index contributed by atoms with van der Waals surface area (Å²) in [7, 11) is 0. The van der Waals surface area contributed by atoms with Crippen LogP contribution in [0.5, 0.6) is 0 Å². The Labute approximate surface area is 95.9 Å². The summed E-state index contributed by atoms with van der Waals surface area (Å²) in [5.74, 6) is 0.897. The molecular weight excluding hydrogens is 204 g/mol. The number of nitrogens with two attached hydrogens (primary N) is 1. The molecule has 0 aliphatic heterocycles. The van der Waals surface area contributed by atoms with Crippen molar-refractivity contribution >= 4 is 11.3 Å². The van der Waals surface area contributed by atoms with Gasteiger partial charge in [0.05, 0.1) is 5.01 Å². The summed E-state index contributed by atoms with van der Waals surface area (Å²) in [6, 6.07) is 0.341. The average molecular weight is 224 g/mol. The Morgan fingerprint density at radius 1 is 1.53 bits per heavy atom. The summed E-state index contributed by atoms with van der Waals surface area (Å²) < 4.78 is 0. The molecule has 1 aromatic rings. The van der Waals surface area contributed by atoms with E-state index in [1.165, 1.54) is 37.0 Å². The highest BCUT2D eigenvalue weighted by Crippen LogP contribution is 2.29. The highest BCUT2D eigenvalue weighted by Gasteiger charge is 2.18. The number of hydrogen-bond donors (Lipinski definition) is 1. The molecule has 84 valence electrons. The third kappa shape index (κ3) is 3.28. The molecule has 0 bridgehead atoms. The predicted octanol–water partition coefficient (Wildman–Crippen LogP) is 2.90. The zero-order chi connectivity index (χ0) is 10.7. The van der Waals surface area contributed by atoms with Gasteiger partial charge in [-0.25, -0.2) is 4.98 Å². The highest BCUT2D eigenvalue weighted by molar-refractivity contribution is 7.11. The maximum Gasteiger partial charge on any atom is 0.0896 e. The van der Waals surface area contributed by atoms with Gasteiger partial charge in [0.2, 0.25) is 0 Å². The molecule has 0 spiro atoms. The molecule has 1 saturated carbocycles. The van der Waals surface area contributed by atoms with Gasteiger partial charge in [-0.1, -0.05) is 25.7 Å². The maximum absolute atomic E-state index is 6.17. The third-order valence-electron chi connectivity index (χ3n) is 3.24. The van der Waals surface area contributed by atoms with Crippen LogP contribution in [0.15, 0.2) is 6.20 Å². The minimum Gasteiger partial charge on any atom is -0.327 e. The van der Waals surface area contributed by atoms with Crippen LogP contribution in [0.2, 0.25) is 0 Å². The molecule has 0 aromatic carbocycles. The summed E-state index contributed by atoms with van der Waals surface area (Å²) in [6.45, 7) is 2.05. The van der Waals surface area contributed by atoms with Crippen LogP contribution in [0.25, 0.3) is 0 Å². The lowest BCUT2D eigenvalue weighted by Gasteiger charge is -2.14. The molecule has 1 aliphatic carbocycles. The Morgan fingerprint density at radius 2 is 2.27 bits per heavy atom. The summed E-state index contributed by atoms with van der Waals surface area (Å²) in [5.41, 5.74) is 6.17. The zero-order valence-corrected chi connectivity index (χ0v) is 10.2. The Morgan fingerprint density at radius 3 is 2.87 bits per heavy atom. The second-order valence-corrected chi connectivity index (χ2v) is 6.02. The lowest BCUT2D eigenvalue weighted by Crippen LogP contribution is -2.25. The molecule has 2 N–H and O–H groups in total. The van der Waals surface area contributed by atoms with Gasteiger partial charge < -0.3 is 5.73 Å². The molecule has 1 unspecified atom stereocenters. The standard InChI is InChI=1S/C12H20N2S/c1-9-14-8-12(15-9)7-11(13)6-10-4-2-3-5-10/h8,10-11H,2-7,13H2,1H3. The van der Waals surface area contributed by atoms with Gasteiger partial charge in [-0.3, -0.25) is 0 Å². The summed E-state index contributed by atoms with van der Waals surface area (Å²) in [4.78, 5) is 5.61. The first-order chi connectivity index (χ1) is 7.24. The molecule has 1 aromatic heterocycles. The van der Waals surface area contributed by atoms with Crippen molar-refractivity contribution in [3.05, 3.63) is 16.1 Å². The van der Waals surface area contributed by atoms with Crippen molar-refractivity contribution < 1.29 is 0 Å². The average Bonchev–Trinajstić information content (AvgIpc) is 2.77. The third-order valence-corrected chi connectivity index (χ3v) is 4.18. The Hall–Kier alpha value is -0.410. The van der Waals surface area contributed by atoms with Crippen molar-refractivity contribution in [1.29, 1.82) is 0 Å². The number of hydrogen-bond acceptors (Lipinski definition) is 3. The van der Waals surface area contributed by atoms with E-state index >= 15 is 0 Å². The second kappa shape index (κ2) is 5.08. The van der Waals surface area contributed by atoms with Crippen LogP contribution in [-0.2, 0) is 6.42 Å². The van der Waals surface area contributed by atoms with E-state index in [0.29, 0.717) is 6.04 Å². The molecule has 1 atom stereocenters. The van der Waals surface area contributed by atoms with Crippen molar-refractivity contribution in [2.75, 3.05) is 0 Å². The molecule has 1 aliphatic rings. The number of nitrogens with zero attached hydrogens (tertiary/aromatic N) is 1. The quantitative estimate of drug-likeness (QED) is 0.854. The van der Waals surface area contributed by atoms with Gasteiger partial charge in [0.1, 0.15) is 0 Å². The lowest BCUT2D eigenvalue weighted by molar-refractivity contribution is 0.442. The van der Waals surface area contributed by atoms with Gasteiger partial charge in [0.15, 0.2) is 0 Å². The minimum absolute atomic E-state index is 0.341. The normalized spacial score (nSPS) is 19.6. The number of aromatic nitrogens is 1. The minimum atomic E-state index is 0.341. The molecule has 0 amide bonds. The van der Waals surface area contributed by atoms with Crippen molar-refractivity contribution in [2.24, 2.45) is 11.7 Å². The Kier molecular flexibility index (Phi) is 3.76. The summed E-state index contributed by atoms with van der Waals surface area (Å²) >= 11 is 1.78. The first kappa shape index (κ1) is 11.1. The van der Waals surface area contributed by atoms with Crippen LogP contribution in [0.4, 0.5) is 0 Å². The van der Waals surface area contributed by atoms with Crippen molar-refractivity contribution in [2.45, 2.75) is 51.5 Å². The molecule has 15 heavy (non-hydrogen) atoms. The van der Waals surface area contributed by atoms with Crippen LogP contribution in [0.3, 0.4) is 0 Å². The predicted molar refractivity (Wildman–Crippen MR) is 65.1 cm³/mol. The topological polar surface area (TPSA) is 38.9 Å². The monoisotopic (exact) mass is 224 g/mol. The molecule has 2 nitrogen and oxygen atoms in total. The number of rotatable bonds is 4. The molecule has 3 heteroatoms. The van der Waals surface area contributed by atoms with Gasteiger partial charge in [-0.15, -0.1) is 11.3 Å². The zero-order valence-electron chi connectivity index (χ0n) is 9.41. The lowest BCUT2D eigenvalue weighted by atomic mass is 9.97. The Bertz CT molecular complexity index is 302. The summed E-state index contributed by atoms with van der Waals surface area (Å²) in [6.07, 6.45) is 9.83. The highest BCUT2D eigenvalue weighted by atomic mass is 32.1. The van der Waals surface area contributed by atoms with Crippen LogP contribution in [-0.4, -0.2) is 11.0 Å². The van der Waals surface area contributed by atoms with Gasteiger partial charge in [0.25, 0.3) is 0 Å². The number of aryl methyl sites for hydroxylation is 1. The summed E-state index contributed by atoms with van der Waals surface area (Å²) in [5, 5.41) is 1.15. The number of thiazole rings is 1. The molecule has 1 fully saturated rings. The van der Waals surface area contributed by atoms with Crippen molar-refractivity contribution in [1.82, 2.24) is 4.98 Å². The van der Waals surface area contributed by atoms with Gasteiger partial charge >= 0.3 is 0 Å². The van der Waals surface area contributed by atoms with Crippen LogP contribution in [0.1, 0.15) is 42.0 Å². The van der Waals surface area contributed by atoms with E-state index in [4.69, 9.17) is 5.73 Å². The first-order valence-corrected chi connectivity index (χ1v) is 6.72. The van der Waals surface area contributed by atoms with Crippen molar-refractivity contribution in [3.63, 3.8) is 0 Å². The smallest absolute Gasteiger partial charge is 0.0896 e. The maximum atomic E-state index is 6.17. The largest absolute Gasteiger partial charge is 0.327 e. The van der Waals surface area contributed by atoms with Crippen LogP contribution in [0, 0.1) is 12.8 Å². The molecule has 0 radical (unpaired) electrons. The Balaban J connectivity index is 1.78. The van der Waals surface area contributed by atoms with E-state index in [2.05, 4.69) is 11.9 Å². The van der Waals surface area contributed by atoms with Gasteiger partial charge in [-0.05, 0) is 25.7 Å². The van der Waals surface area contributed by atoms with Gasteiger partial charge in [0, 0.05) is 17.1 Å². The fourth-order valence-corrected chi connectivity index (χ4v) is 3.40. The SMILES string of the molecule is Cc1ncc(CC(N)CC2CCCC2)s1. The first-order valence-electron chi connectivity index (χ1n) is 5.91. The van der Waals surface area contributed by atoms with E-state index in [1.54, 1.807) is 11.3 Å².